The molecule has 2 fully saturated rings. The second kappa shape index (κ2) is 6.36. The lowest BCUT2D eigenvalue weighted by molar-refractivity contribution is 0.0717. The van der Waals surface area contributed by atoms with Gasteiger partial charge in [-0.05, 0) is 37.8 Å². The first-order chi connectivity index (χ1) is 11.7. The van der Waals surface area contributed by atoms with E-state index in [-0.39, 0.29) is 11.9 Å². The highest BCUT2D eigenvalue weighted by Gasteiger charge is 2.30. The molecule has 4 rings (SSSR count). The number of benzene rings is 1. The molecule has 2 saturated carbocycles. The van der Waals surface area contributed by atoms with Crippen molar-refractivity contribution in [3.63, 3.8) is 0 Å². The number of hydrogen-bond acceptors (Lipinski definition) is 5. The summed E-state index contributed by atoms with van der Waals surface area (Å²) in [6, 6.07) is 7.05. The summed E-state index contributed by atoms with van der Waals surface area (Å²) in [6.45, 7) is 0. The predicted octanol–water partition coefficient (Wildman–Crippen LogP) is 2.65. The van der Waals surface area contributed by atoms with Gasteiger partial charge in [-0.3, -0.25) is 4.79 Å². The van der Waals surface area contributed by atoms with Gasteiger partial charge in [0, 0.05) is 17.0 Å². The van der Waals surface area contributed by atoms with Crippen molar-refractivity contribution in [1.82, 2.24) is 15.5 Å². The fourth-order valence-corrected chi connectivity index (χ4v) is 3.18. The molecule has 2 unspecified atom stereocenters. The van der Waals surface area contributed by atoms with E-state index in [2.05, 4.69) is 15.5 Å². The summed E-state index contributed by atoms with van der Waals surface area (Å²) in [4.78, 5) is 16.9. The highest BCUT2D eigenvalue weighted by molar-refractivity contribution is 5.95. The monoisotopic (exact) mass is 327 g/mol. The van der Waals surface area contributed by atoms with Gasteiger partial charge in [0.15, 0.2) is 0 Å². The van der Waals surface area contributed by atoms with Crippen LogP contribution in [0.15, 0.2) is 28.8 Å². The number of carbonyl (C=O) groups is 1. The third-order valence-electron chi connectivity index (χ3n) is 4.80. The first kappa shape index (κ1) is 15.3. The number of aliphatic hydroxyl groups excluding tert-OH is 1. The van der Waals surface area contributed by atoms with E-state index >= 15 is 0 Å². The molecule has 0 bridgehead atoms. The molecule has 1 aromatic heterocycles. The average Bonchev–Trinajstić information content (AvgIpc) is 3.34. The number of aliphatic hydroxyl groups is 1. The zero-order chi connectivity index (χ0) is 16.5. The zero-order valence-corrected chi connectivity index (χ0v) is 13.4. The van der Waals surface area contributed by atoms with Crippen molar-refractivity contribution in [2.75, 3.05) is 0 Å². The SMILES string of the molecule is O=C(NC1CCCCC1O)c1cccc(-c2noc(C3CC3)n2)c1. The van der Waals surface area contributed by atoms with Gasteiger partial charge in [-0.1, -0.05) is 30.1 Å². The maximum atomic E-state index is 12.5. The van der Waals surface area contributed by atoms with Crippen LogP contribution < -0.4 is 5.32 Å². The Morgan fingerprint density at radius 1 is 1.21 bits per heavy atom. The van der Waals surface area contributed by atoms with Crippen LogP contribution in [0.25, 0.3) is 11.4 Å². The van der Waals surface area contributed by atoms with Gasteiger partial charge in [0.2, 0.25) is 11.7 Å². The van der Waals surface area contributed by atoms with Gasteiger partial charge in [-0.25, -0.2) is 0 Å². The Morgan fingerprint density at radius 2 is 2.04 bits per heavy atom. The van der Waals surface area contributed by atoms with Gasteiger partial charge < -0.3 is 14.9 Å². The highest BCUT2D eigenvalue weighted by Crippen LogP contribution is 2.39. The minimum absolute atomic E-state index is 0.165. The smallest absolute Gasteiger partial charge is 0.251 e. The second-order valence-corrected chi connectivity index (χ2v) is 6.74. The quantitative estimate of drug-likeness (QED) is 0.901. The van der Waals surface area contributed by atoms with Crippen LogP contribution in [-0.4, -0.2) is 33.3 Å². The molecule has 2 aromatic rings. The molecule has 2 N–H and O–H groups in total. The number of carbonyl (C=O) groups excluding carboxylic acids is 1. The highest BCUT2D eigenvalue weighted by atomic mass is 16.5. The fraction of sp³-hybridized carbons (Fsp3) is 0.500. The molecule has 0 radical (unpaired) electrons. The lowest BCUT2D eigenvalue weighted by Crippen LogP contribution is -2.45. The van der Waals surface area contributed by atoms with Crippen LogP contribution in [0, 0.1) is 0 Å². The lowest BCUT2D eigenvalue weighted by Gasteiger charge is -2.28. The minimum Gasteiger partial charge on any atom is -0.391 e. The molecule has 6 heteroatoms. The van der Waals surface area contributed by atoms with Crippen LogP contribution in [-0.2, 0) is 0 Å². The van der Waals surface area contributed by atoms with Gasteiger partial charge in [-0.15, -0.1) is 0 Å². The van der Waals surface area contributed by atoms with E-state index in [1.54, 1.807) is 12.1 Å². The van der Waals surface area contributed by atoms with Crippen molar-refractivity contribution in [2.24, 2.45) is 0 Å². The maximum Gasteiger partial charge on any atom is 0.251 e. The van der Waals surface area contributed by atoms with Gasteiger partial charge in [0.05, 0.1) is 12.1 Å². The van der Waals surface area contributed by atoms with Gasteiger partial charge in [0.25, 0.3) is 5.91 Å². The first-order valence-electron chi connectivity index (χ1n) is 8.63. The summed E-state index contributed by atoms with van der Waals surface area (Å²) in [5.74, 6) is 1.44. The van der Waals surface area contributed by atoms with Crippen LogP contribution in [0.4, 0.5) is 0 Å². The number of hydrogen-bond donors (Lipinski definition) is 2. The largest absolute Gasteiger partial charge is 0.391 e. The Hall–Kier alpha value is -2.21. The maximum absolute atomic E-state index is 12.5. The number of amides is 1. The molecular weight excluding hydrogens is 306 g/mol. The standard InChI is InChI=1S/C18H21N3O3/c22-15-7-2-1-6-14(15)19-17(23)13-5-3-4-12(10-13)16-20-18(24-21-16)11-8-9-11/h3-5,10-11,14-15,22H,1-2,6-9H2,(H,19,23). The van der Waals surface area contributed by atoms with E-state index in [1.807, 2.05) is 12.1 Å². The van der Waals surface area contributed by atoms with Gasteiger partial charge in [0.1, 0.15) is 0 Å². The van der Waals surface area contributed by atoms with Crippen molar-refractivity contribution in [1.29, 1.82) is 0 Å². The first-order valence-corrected chi connectivity index (χ1v) is 8.63. The normalized spacial score (nSPS) is 23.9. The molecule has 1 heterocycles. The molecule has 126 valence electrons. The van der Waals surface area contributed by atoms with E-state index in [1.165, 1.54) is 0 Å². The lowest BCUT2D eigenvalue weighted by atomic mass is 9.92. The molecule has 1 amide bonds. The van der Waals surface area contributed by atoms with Crippen LogP contribution in [0.2, 0.25) is 0 Å². The number of nitrogens with one attached hydrogen (secondary N) is 1. The van der Waals surface area contributed by atoms with Crippen LogP contribution in [0.3, 0.4) is 0 Å². The summed E-state index contributed by atoms with van der Waals surface area (Å²) in [7, 11) is 0. The molecule has 2 atom stereocenters. The number of aromatic nitrogens is 2. The Bertz CT molecular complexity index is 739. The van der Waals surface area contributed by atoms with Crippen molar-refractivity contribution in [3.05, 3.63) is 35.7 Å². The van der Waals surface area contributed by atoms with Crippen molar-refractivity contribution in [2.45, 2.75) is 56.6 Å². The summed E-state index contributed by atoms with van der Waals surface area (Å²) >= 11 is 0. The van der Waals surface area contributed by atoms with Crippen molar-refractivity contribution >= 4 is 5.91 Å². The fourth-order valence-electron chi connectivity index (χ4n) is 3.18. The van der Waals surface area contributed by atoms with Crippen LogP contribution >= 0.6 is 0 Å². The van der Waals surface area contributed by atoms with E-state index in [4.69, 9.17) is 4.52 Å². The minimum atomic E-state index is -0.454. The molecule has 0 saturated heterocycles. The summed E-state index contributed by atoms with van der Waals surface area (Å²) in [5, 5.41) is 17.0. The van der Waals surface area contributed by atoms with E-state index in [0.717, 1.165) is 44.1 Å². The molecule has 24 heavy (non-hydrogen) atoms. The molecule has 0 aliphatic heterocycles. The Morgan fingerprint density at radius 3 is 2.83 bits per heavy atom. The Balaban J connectivity index is 1.49. The summed E-state index contributed by atoms with van der Waals surface area (Å²) in [6.07, 6.45) is 5.38. The average molecular weight is 327 g/mol. The predicted molar refractivity (Wildman–Crippen MR) is 87.4 cm³/mol. The molecule has 6 nitrogen and oxygen atoms in total. The van der Waals surface area contributed by atoms with Crippen molar-refractivity contribution in [3.8, 4) is 11.4 Å². The van der Waals surface area contributed by atoms with E-state index < -0.39 is 6.10 Å². The molecule has 1 aromatic carbocycles. The Kier molecular flexibility index (Phi) is 4.06. The summed E-state index contributed by atoms with van der Waals surface area (Å²) < 4.78 is 5.28. The third-order valence-corrected chi connectivity index (χ3v) is 4.80. The van der Waals surface area contributed by atoms with Gasteiger partial charge >= 0.3 is 0 Å². The molecular formula is C18H21N3O3. The summed E-state index contributed by atoms with van der Waals surface area (Å²) in [5.41, 5.74) is 1.31. The van der Waals surface area contributed by atoms with E-state index in [9.17, 15) is 9.90 Å². The zero-order valence-electron chi connectivity index (χ0n) is 13.4. The second-order valence-electron chi connectivity index (χ2n) is 6.74. The van der Waals surface area contributed by atoms with Gasteiger partial charge in [-0.2, -0.15) is 4.98 Å². The number of nitrogens with zero attached hydrogens (tertiary/aromatic N) is 2. The van der Waals surface area contributed by atoms with E-state index in [0.29, 0.717) is 23.2 Å². The molecule has 0 spiro atoms. The third kappa shape index (κ3) is 3.19. The van der Waals surface area contributed by atoms with Crippen LogP contribution in [0.5, 0.6) is 0 Å². The van der Waals surface area contributed by atoms with Crippen molar-refractivity contribution < 1.29 is 14.4 Å². The van der Waals surface area contributed by atoms with Crippen LogP contribution in [0.1, 0.15) is 60.7 Å². The Labute approximate surface area is 140 Å². The number of rotatable bonds is 4. The topological polar surface area (TPSA) is 88.2 Å². The molecule has 2 aliphatic carbocycles. The molecule has 2 aliphatic rings.